The maximum Gasteiger partial charge on any atom is 0.390 e. The van der Waals surface area contributed by atoms with Gasteiger partial charge in [0.25, 0.3) is 0 Å². The van der Waals surface area contributed by atoms with Crippen LogP contribution in [0.25, 0.3) is 5.65 Å². The second kappa shape index (κ2) is 4.79. The fraction of sp³-hybridized carbons (Fsp3) is 0.333. The summed E-state index contributed by atoms with van der Waals surface area (Å²) in [7, 11) is 1.82. The summed E-state index contributed by atoms with van der Waals surface area (Å²) in [6.07, 6.45) is -3.44. The molecule has 18 heavy (non-hydrogen) atoms. The third kappa shape index (κ3) is 2.95. The molecule has 0 atom stereocenters. The van der Waals surface area contributed by atoms with Gasteiger partial charge in [0.1, 0.15) is 4.60 Å². The minimum Gasteiger partial charge on any atom is -0.382 e. The van der Waals surface area contributed by atoms with Gasteiger partial charge >= 0.3 is 6.18 Å². The summed E-state index contributed by atoms with van der Waals surface area (Å²) in [5, 5.41) is 6.89. The second-order valence-corrected chi connectivity index (χ2v) is 4.62. The van der Waals surface area contributed by atoms with Crippen molar-refractivity contribution >= 4 is 40.7 Å². The average Bonchev–Trinajstić information content (AvgIpc) is 2.59. The molecule has 0 unspecified atom stereocenters. The number of hydrogen-bond acceptors (Lipinski definition) is 3. The first-order chi connectivity index (χ1) is 8.37. The van der Waals surface area contributed by atoms with Gasteiger partial charge in [0.15, 0.2) is 13.5 Å². The van der Waals surface area contributed by atoms with E-state index in [0.717, 1.165) is 5.59 Å². The molecular formula is C9H9BBrF3N4. The summed E-state index contributed by atoms with van der Waals surface area (Å²) in [5.74, 6) is 0. The molecule has 9 heteroatoms. The van der Waals surface area contributed by atoms with Crippen LogP contribution in [-0.2, 0) is 0 Å². The van der Waals surface area contributed by atoms with Gasteiger partial charge in [0.2, 0.25) is 0 Å². The highest BCUT2D eigenvalue weighted by atomic mass is 79.9. The third-order valence-electron chi connectivity index (χ3n) is 2.33. The lowest BCUT2D eigenvalue weighted by Gasteiger charge is -2.10. The van der Waals surface area contributed by atoms with Crippen LogP contribution in [-0.4, -0.2) is 35.2 Å². The van der Waals surface area contributed by atoms with Crippen LogP contribution in [0.5, 0.6) is 0 Å². The molecule has 0 aliphatic heterocycles. The Morgan fingerprint density at radius 1 is 1.44 bits per heavy atom. The summed E-state index contributed by atoms with van der Waals surface area (Å²) in [6, 6.07) is 1.61. The summed E-state index contributed by atoms with van der Waals surface area (Å²) in [5.41, 5.74) is 1.84. The molecule has 0 radical (unpaired) electrons. The molecule has 2 aromatic rings. The van der Waals surface area contributed by atoms with Crippen molar-refractivity contribution in [3.05, 3.63) is 16.9 Å². The smallest absolute Gasteiger partial charge is 0.382 e. The summed E-state index contributed by atoms with van der Waals surface area (Å²) in [4.78, 5) is 4.11. The highest BCUT2D eigenvalue weighted by Crippen LogP contribution is 2.21. The topological polar surface area (TPSA) is 42.2 Å². The molecule has 0 spiro atoms. The molecule has 2 rings (SSSR count). The van der Waals surface area contributed by atoms with E-state index in [1.165, 1.54) is 0 Å². The van der Waals surface area contributed by atoms with Gasteiger partial charge in [0.05, 0.1) is 12.1 Å². The Labute approximate surface area is 110 Å². The Bertz CT molecular complexity index is 569. The van der Waals surface area contributed by atoms with E-state index in [0.29, 0.717) is 15.9 Å². The van der Waals surface area contributed by atoms with Gasteiger partial charge in [-0.25, -0.2) is 9.50 Å². The van der Waals surface area contributed by atoms with Crippen molar-refractivity contribution in [1.82, 2.24) is 14.6 Å². The average molecular weight is 321 g/mol. The number of fused-ring (bicyclic) bond motifs is 1. The van der Waals surface area contributed by atoms with Crippen molar-refractivity contribution in [2.75, 3.05) is 11.9 Å². The lowest BCUT2D eigenvalue weighted by atomic mass is 10.1. The molecule has 0 saturated carbocycles. The number of anilines is 1. The quantitative estimate of drug-likeness (QED) is 0.862. The highest BCUT2D eigenvalue weighted by Gasteiger charge is 2.26. The van der Waals surface area contributed by atoms with E-state index < -0.39 is 12.6 Å². The van der Waals surface area contributed by atoms with Crippen molar-refractivity contribution in [2.45, 2.75) is 12.6 Å². The van der Waals surface area contributed by atoms with Crippen LogP contribution in [0, 0.1) is 0 Å². The van der Waals surface area contributed by atoms with E-state index >= 15 is 0 Å². The molecule has 2 aromatic heterocycles. The maximum absolute atomic E-state index is 12.1. The first kappa shape index (κ1) is 13.2. The molecule has 4 nitrogen and oxygen atoms in total. The maximum atomic E-state index is 12.1. The van der Waals surface area contributed by atoms with Crippen LogP contribution < -0.4 is 10.9 Å². The standard InChI is InChI=1S/C9H9BBrF3N4/c10-6-4-16-8-5(3-7(11)17-18(6)8)15-2-1-9(12,13)14/h3-4,15H,1-2,10H2. The predicted molar refractivity (Wildman–Crippen MR) is 68.0 cm³/mol. The largest absolute Gasteiger partial charge is 0.390 e. The highest BCUT2D eigenvalue weighted by molar-refractivity contribution is 9.10. The van der Waals surface area contributed by atoms with Crippen LogP contribution in [0.4, 0.5) is 18.9 Å². The van der Waals surface area contributed by atoms with Crippen LogP contribution in [0.15, 0.2) is 16.9 Å². The zero-order chi connectivity index (χ0) is 13.3. The minimum atomic E-state index is -4.17. The van der Waals surface area contributed by atoms with Gasteiger partial charge in [-0.15, -0.1) is 0 Å². The summed E-state index contributed by atoms with van der Waals surface area (Å²) >= 11 is 3.21. The van der Waals surface area contributed by atoms with Crippen LogP contribution >= 0.6 is 15.9 Å². The van der Waals surface area contributed by atoms with Crippen LogP contribution in [0.1, 0.15) is 6.42 Å². The van der Waals surface area contributed by atoms with E-state index in [4.69, 9.17) is 0 Å². The minimum absolute atomic E-state index is 0.193. The van der Waals surface area contributed by atoms with Gasteiger partial charge in [-0.2, -0.15) is 18.3 Å². The first-order valence-electron chi connectivity index (χ1n) is 5.18. The molecule has 0 saturated heterocycles. The number of imidazole rings is 1. The van der Waals surface area contributed by atoms with Gasteiger partial charge in [-0.1, -0.05) is 0 Å². The normalized spacial score (nSPS) is 12.0. The lowest BCUT2D eigenvalue weighted by molar-refractivity contribution is -0.131. The molecule has 0 bridgehead atoms. The molecule has 0 aliphatic carbocycles. The zero-order valence-corrected chi connectivity index (χ0v) is 11.0. The fourth-order valence-electron chi connectivity index (χ4n) is 1.52. The number of hydrogen-bond donors (Lipinski definition) is 1. The summed E-state index contributed by atoms with van der Waals surface area (Å²) < 4.78 is 38.3. The number of nitrogens with one attached hydrogen (secondary N) is 1. The van der Waals surface area contributed by atoms with Gasteiger partial charge in [-0.3, -0.25) is 0 Å². The zero-order valence-electron chi connectivity index (χ0n) is 9.42. The first-order valence-corrected chi connectivity index (χ1v) is 5.97. The van der Waals surface area contributed by atoms with Crippen molar-refractivity contribution in [2.24, 2.45) is 0 Å². The Balaban J connectivity index is 2.22. The van der Waals surface area contributed by atoms with Crippen molar-refractivity contribution in [3.63, 3.8) is 0 Å². The van der Waals surface area contributed by atoms with E-state index in [1.807, 2.05) is 7.85 Å². The molecule has 0 aromatic carbocycles. The number of aromatic nitrogens is 3. The monoisotopic (exact) mass is 320 g/mol. The third-order valence-corrected chi connectivity index (χ3v) is 2.72. The predicted octanol–water partition coefficient (Wildman–Crippen LogP) is 1.11. The van der Waals surface area contributed by atoms with E-state index in [9.17, 15) is 13.2 Å². The van der Waals surface area contributed by atoms with Crippen molar-refractivity contribution < 1.29 is 13.2 Å². The van der Waals surface area contributed by atoms with Crippen LogP contribution in [0.3, 0.4) is 0 Å². The number of alkyl halides is 3. The Kier molecular flexibility index (Phi) is 3.51. The van der Waals surface area contributed by atoms with Crippen molar-refractivity contribution in [1.29, 1.82) is 0 Å². The van der Waals surface area contributed by atoms with Gasteiger partial charge in [-0.05, 0) is 22.0 Å². The lowest BCUT2D eigenvalue weighted by Crippen LogP contribution is -2.16. The molecule has 1 N–H and O–H groups in total. The molecule has 0 aliphatic rings. The number of nitrogens with zero attached hydrogens (tertiary/aromatic N) is 3. The second-order valence-electron chi connectivity index (χ2n) is 3.81. The molecular weight excluding hydrogens is 312 g/mol. The Hall–Kier alpha value is -1.25. The van der Waals surface area contributed by atoms with Gasteiger partial charge in [0, 0.05) is 18.3 Å². The van der Waals surface area contributed by atoms with Crippen molar-refractivity contribution in [3.8, 4) is 0 Å². The van der Waals surface area contributed by atoms with E-state index in [2.05, 4.69) is 31.3 Å². The molecule has 2 heterocycles. The summed E-state index contributed by atoms with van der Waals surface area (Å²) in [6.45, 7) is -0.193. The number of halogens is 4. The Morgan fingerprint density at radius 3 is 2.83 bits per heavy atom. The number of rotatable bonds is 3. The fourth-order valence-corrected chi connectivity index (χ4v) is 1.91. The van der Waals surface area contributed by atoms with Crippen LogP contribution in [0.2, 0.25) is 0 Å². The van der Waals surface area contributed by atoms with E-state index in [1.54, 1.807) is 16.8 Å². The Morgan fingerprint density at radius 2 is 2.17 bits per heavy atom. The van der Waals surface area contributed by atoms with Gasteiger partial charge < -0.3 is 5.32 Å². The molecule has 96 valence electrons. The molecule has 0 fully saturated rings. The van der Waals surface area contributed by atoms with E-state index in [-0.39, 0.29) is 6.54 Å². The molecule has 0 amide bonds. The SMILES string of the molecule is Bc1cnc2c(NCCC(F)(F)F)cc(Br)nn12.